The predicted molar refractivity (Wildman–Crippen MR) is 83.0 cm³/mol. The van der Waals surface area contributed by atoms with Crippen LogP contribution in [0.1, 0.15) is 20.8 Å². The lowest BCUT2D eigenvalue weighted by Crippen LogP contribution is -2.50. The first-order chi connectivity index (χ1) is 9.71. The number of ether oxygens (including phenoxy) is 1. The minimum Gasteiger partial charge on any atom is -0.373 e. The van der Waals surface area contributed by atoms with Crippen LogP contribution in [-0.4, -0.2) is 47.4 Å². The highest BCUT2D eigenvalue weighted by atomic mass is 32.1. The van der Waals surface area contributed by atoms with Gasteiger partial charge in [0.15, 0.2) is 3.95 Å². The Morgan fingerprint density at radius 3 is 2.62 bits per heavy atom. The second kappa shape index (κ2) is 7.48. The van der Waals surface area contributed by atoms with Crippen LogP contribution < -0.4 is 16.0 Å². The van der Waals surface area contributed by atoms with Crippen molar-refractivity contribution in [3.63, 3.8) is 0 Å². The van der Waals surface area contributed by atoms with Gasteiger partial charge >= 0.3 is 6.03 Å². The quantitative estimate of drug-likeness (QED) is 0.607. The van der Waals surface area contributed by atoms with Gasteiger partial charge in [-0.25, -0.2) is 4.79 Å². The summed E-state index contributed by atoms with van der Waals surface area (Å²) in [7, 11) is 1.49. The molecule has 10 heteroatoms. The number of hydrogen-bond acceptors (Lipinski definition) is 6. The summed E-state index contributed by atoms with van der Waals surface area (Å²) >= 11 is 5.98. The van der Waals surface area contributed by atoms with Gasteiger partial charge in [0, 0.05) is 7.05 Å². The number of aromatic nitrogens is 2. The van der Waals surface area contributed by atoms with Gasteiger partial charge in [0.05, 0.1) is 12.2 Å². The largest absolute Gasteiger partial charge is 0.373 e. The number of H-pyrrole nitrogens is 1. The summed E-state index contributed by atoms with van der Waals surface area (Å²) in [6.07, 6.45) is 0. The standard InChI is InChI=1S/C11H19N5O3S2/c1-11(2,3)19-5-6(7(17)12-4)13-8(18)14-9-15-16-10(20)21-9/h6H,5H2,1-4H3,(H,12,17)(H,16,20)(H2,13,14,15,18)/t6-/m0/s1. The summed E-state index contributed by atoms with van der Waals surface area (Å²) in [6, 6.07) is -1.36. The fourth-order valence-electron chi connectivity index (χ4n) is 1.27. The molecule has 0 saturated heterocycles. The van der Waals surface area contributed by atoms with E-state index < -0.39 is 17.7 Å². The zero-order valence-electron chi connectivity index (χ0n) is 12.3. The Bertz CT molecular complexity index is 549. The molecule has 4 N–H and O–H groups in total. The monoisotopic (exact) mass is 333 g/mol. The number of carbonyl (C=O) groups is 2. The van der Waals surface area contributed by atoms with Crippen molar-refractivity contribution in [2.75, 3.05) is 19.0 Å². The van der Waals surface area contributed by atoms with Gasteiger partial charge < -0.3 is 15.4 Å². The van der Waals surface area contributed by atoms with E-state index in [0.717, 1.165) is 11.3 Å². The number of anilines is 1. The third kappa shape index (κ3) is 6.65. The molecule has 1 aromatic heterocycles. The van der Waals surface area contributed by atoms with E-state index in [-0.39, 0.29) is 12.5 Å². The Balaban J connectivity index is 2.60. The first kappa shape index (κ1) is 17.5. The molecular formula is C11H19N5O3S2. The summed E-state index contributed by atoms with van der Waals surface area (Å²) in [5.41, 5.74) is -0.411. The molecule has 21 heavy (non-hydrogen) atoms. The molecule has 0 aliphatic heterocycles. The van der Waals surface area contributed by atoms with Crippen LogP contribution in [0.25, 0.3) is 0 Å². The van der Waals surface area contributed by atoms with E-state index in [4.69, 9.17) is 17.0 Å². The van der Waals surface area contributed by atoms with Crippen molar-refractivity contribution in [3.8, 4) is 0 Å². The lowest BCUT2D eigenvalue weighted by Gasteiger charge is -2.24. The molecule has 0 saturated carbocycles. The number of aromatic amines is 1. The molecule has 0 bridgehead atoms. The SMILES string of the molecule is CNC(=O)[C@H](COC(C)(C)C)NC(=O)Nc1n[nH]c(=S)s1. The highest BCUT2D eigenvalue weighted by Gasteiger charge is 2.23. The summed E-state index contributed by atoms with van der Waals surface area (Å²) in [4.78, 5) is 23.6. The van der Waals surface area contributed by atoms with Crippen molar-refractivity contribution >= 4 is 40.6 Å². The van der Waals surface area contributed by atoms with Gasteiger partial charge in [-0.3, -0.25) is 15.2 Å². The minimum atomic E-state index is -0.805. The van der Waals surface area contributed by atoms with Crippen LogP contribution in [0.5, 0.6) is 0 Å². The summed E-state index contributed by atoms with van der Waals surface area (Å²) < 4.78 is 5.98. The van der Waals surface area contributed by atoms with Crippen LogP contribution in [0.3, 0.4) is 0 Å². The molecule has 3 amide bonds. The van der Waals surface area contributed by atoms with E-state index in [0.29, 0.717) is 9.09 Å². The summed E-state index contributed by atoms with van der Waals surface area (Å²) in [5.74, 6) is -0.343. The minimum absolute atomic E-state index is 0.0624. The van der Waals surface area contributed by atoms with Crippen molar-refractivity contribution in [2.45, 2.75) is 32.4 Å². The highest BCUT2D eigenvalue weighted by Crippen LogP contribution is 2.11. The molecule has 0 unspecified atom stereocenters. The molecule has 0 aliphatic carbocycles. The van der Waals surface area contributed by atoms with Crippen molar-refractivity contribution < 1.29 is 14.3 Å². The van der Waals surface area contributed by atoms with Crippen LogP contribution in [-0.2, 0) is 9.53 Å². The Hall–Kier alpha value is -1.52. The molecule has 0 aliphatic rings. The average molecular weight is 333 g/mol. The van der Waals surface area contributed by atoms with Crippen LogP contribution in [0.2, 0.25) is 0 Å². The Kier molecular flexibility index (Phi) is 6.24. The van der Waals surface area contributed by atoms with Gasteiger partial charge in [-0.05, 0) is 33.0 Å². The maximum absolute atomic E-state index is 11.8. The van der Waals surface area contributed by atoms with Crippen molar-refractivity contribution in [3.05, 3.63) is 3.95 Å². The fourth-order valence-corrected chi connectivity index (χ4v) is 2.05. The number of likely N-dealkylation sites (N-methyl/N-ethyl adjacent to an activating group) is 1. The van der Waals surface area contributed by atoms with E-state index >= 15 is 0 Å². The van der Waals surface area contributed by atoms with E-state index in [2.05, 4.69) is 26.1 Å². The number of urea groups is 1. The topological polar surface area (TPSA) is 108 Å². The Labute approximate surface area is 131 Å². The van der Waals surface area contributed by atoms with E-state index in [9.17, 15) is 9.59 Å². The van der Waals surface area contributed by atoms with Gasteiger partial charge in [-0.2, -0.15) is 0 Å². The molecule has 0 fully saturated rings. The van der Waals surface area contributed by atoms with Crippen molar-refractivity contribution in [2.24, 2.45) is 0 Å². The Morgan fingerprint density at radius 1 is 1.48 bits per heavy atom. The summed E-state index contributed by atoms with van der Waals surface area (Å²) in [6.45, 7) is 5.66. The maximum Gasteiger partial charge on any atom is 0.321 e. The van der Waals surface area contributed by atoms with Gasteiger partial charge in [-0.1, -0.05) is 11.3 Å². The normalized spacial score (nSPS) is 12.6. The first-order valence-electron chi connectivity index (χ1n) is 6.20. The Morgan fingerprint density at radius 2 is 2.14 bits per heavy atom. The van der Waals surface area contributed by atoms with Crippen LogP contribution in [0.15, 0.2) is 0 Å². The smallest absolute Gasteiger partial charge is 0.321 e. The number of nitrogens with zero attached hydrogens (tertiary/aromatic N) is 1. The van der Waals surface area contributed by atoms with Crippen molar-refractivity contribution in [1.82, 2.24) is 20.8 Å². The van der Waals surface area contributed by atoms with Crippen molar-refractivity contribution in [1.29, 1.82) is 0 Å². The van der Waals surface area contributed by atoms with Crippen LogP contribution in [0.4, 0.5) is 9.93 Å². The molecule has 0 spiro atoms. The van der Waals surface area contributed by atoms with Gasteiger partial charge in [0.25, 0.3) is 0 Å². The number of rotatable bonds is 5. The molecule has 118 valence electrons. The number of amides is 3. The van der Waals surface area contributed by atoms with Crippen LogP contribution in [0, 0.1) is 3.95 Å². The van der Waals surface area contributed by atoms with E-state index in [1.807, 2.05) is 20.8 Å². The number of hydrogen-bond donors (Lipinski definition) is 4. The number of nitrogens with one attached hydrogen (secondary N) is 4. The third-order valence-corrected chi connectivity index (χ3v) is 3.21. The molecule has 0 aromatic carbocycles. The van der Waals surface area contributed by atoms with E-state index in [1.165, 1.54) is 7.05 Å². The van der Waals surface area contributed by atoms with Gasteiger partial charge in [0.1, 0.15) is 6.04 Å². The maximum atomic E-state index is 11.8. The molecule has 1 atom stereocenters. The zero-order valence-corrected chi connectivity index (χ0v) is 13.9. The number of carbonyl (C=O) groups excluding carboxylic acids is 2. The summed E-state index contributed by atoms with van der Waals surface area (Å²) in [5, 5.41) is 14.2. The third-order valence-electron chi connectivity index (χ3n) is 2.21. The van der Waals surface area contributed by atoms with E-state index in [1.54, 1.807) is 0 Å². The molecule has 0 radical (unpaired) electrons. The van der Waals surface area contributed by atoms with Crippen LogP contribution >= 0.6 is 23.6 Å². The lowest BCUT2D eigenvalue weighted by molar-refractivity contribution is -0.125. The first-order valence-corrected chi connectivity index (χ1v) is 7.42. The fraction of sp³-hybridized carbons (Fsp3) is 0.636. The molecule has 1 aromatic rings. The zero-order chi connectivity index (χ0) is 16.0. The van der Waals surface area contributed by atoms with Gasteiger partial charge in [0.2, 0.25) is 11.0 Å². The highest BCUT2D eigenvalue weighted by molar-refractivity contribution is 7.73. The average Bonchev–Trinajstić information content (AvgIpc) is 2.77. The molecular weight excluding hydrogens is 314 g/mol. The predicted octanol–water partition coefficient (Wildman–Crippen LogP) is 1.25. The molecule has 8 nitrogen and oxygen atoms in total. The second-order valence-corrected chi connectivity index (χ2v) is 6.77. The lowest BCUT2D eigenvalue weighted by atomic mass is 10.2. The molecule has 1 heterocycles. The molecule has 1 rings (SSSR count). The second-order valence-electron chi connectivity index (χ2n) is 5.11. The van der Waals surface area contributed by atoms with Gasteiger partial charge in [-0.15, -0.1) is 5.10 Å².